The van der Waals surface area contributed by atoms with E-state index in [2.05, 4.69) is 9.84 Å². The van der Waals surface area contributed by atoms with E-state index < -0.39 is 11.8 Å². The summed E-state index contributed by atoms with van der Waals surface area (Å²) in [5, 5.41) is 4.61. The van der Waals surface area contributed by atoms with Crippen LogP contribution in [-0.4, -0.2) is 22.9 Å². The average Bonchev–Trinajstić information content (AvgIpc) is 2.55. The van der Waals surface area contributed by atoms with Crippen LogP contribution >= 0.6 is 0 Å². The van der Waals surface area contributed by atoms with Gasteiger partial charge < -0.3 is 4.74 Å². The minimum Gasteiger partial charge on any atom is -0.465 e. The third-order valence-corrected chi connectivity index (χ3v) is 2.11. The second-order valence-corrected chi connectivity index (χ2v) is 3.18. The van der Waals surface area contributed by atoms with Crippen molar-refractivity contribution >= 4 is 16.9 Å². The molecule has 5 heteroatoms. The number of ether oxygens (including phenoxy) is 1. The van der Waals surface area contributed by atoms with Gasteiger partial charge in [0.1, 0.15) is 5.82 Å². The number of fused-ring (bicyclic) bond motifs is 1. The van der Waals surface area contributed by atoms with Crippen LogP contribution in [0.1, 0.15) is 10.4 Å². The molecule has 0 bridgehead atoms. The zero-order valence-corrected chi connectivity index (χ0v) is 8.32. The van der Waals surface area contributed by atoms with Gasteiger partial charge in [-0.05, 0) is 6.07 Å². The molecule has 0 amide bonds. The van der Waals surface area contributed by atoms with Gasteiger partial charge in [-0.1, -0.05) is 0 Å². The quantitative estimate of drug-likeness (QED) is 0.667. The highest BCUT2D eigenvalue weighted by molar-refractivity contribution is 6.03. The van der Waals surface area contributed by atoms with E-state index >= 15 is 0 Å². The third-order valence-electron chi connectivity index (χ3n) is 2.11. The number of halogens is 1. The maximum Gasteiger partial charge on any atom is 0.338 e. The molecule has 0 spiro atoms. The molecule has 15 heavy (non-hydrogen) atoms. The SMILES string of the molecule is COC(=O)c1cc(F)cc2nn(C)cc12. The Balaban J connectivity index is 2.75. The van der Waals surface area contributed by atoms with Crippen LogP contribution in [-0.2, 0) is 11.8 Å². The monoisotopic (exact) mass is 208 g/mol. The zero-order chi connectivity index (χ0) is 11.0. The maximum absolute atomic E-state index is 13.1. The summed E-state index contributed by atoms with van der Waals surface area (Å²) < 4.78 is 19.2. The first kappa shape index (κ1) is 9.64. The highest BCUT2D eigenvalue weighted by Crippen LogP contribution is 2.19. The Morgan fingerprint density at radius 3 is 2.93 bits per heavy atom. The lowest BCUT2D eigenvalue weighted by molar-refractivity contribution is 0.0602. The number of carbonyl (C=O) groups excluding carboxylic acids is 1. The van der Waals surface area contributed by atoms with Crippen LogP contribution in [0.4, 0.5) is 4.39 Å². The molecule has 2 rings (SSSR count). The lowest BCUT2D eigenvalue weighted by Gasteiger charge is -2.00. The molecule has 78 valence electrons. The molecule has 0 saturated heterocycles. The topological polar surface area (TPSA) is 44.1 Å². The normalized spacial score (nSPS) is 10.6. The average molecular weight is 208 g/mol. The maximum atomic E-state index is 13.1. The van der Waals surface area contributed by atoms with Gasteiger partial charge >= 0.3 is 5.97 Å². The first-order valence-electron chi connectivity index (χ1n) is 4.33. The van der Waals surface area contributed by atoms with Crippen LogP contribution < -0.4 is 0 Å². The number of carbonyl (C=O) groups is 1. The number of hydrogen-bond donors (Lipinski definition) is 0. The van der Waals surface area contributed by atoms with E-state index in [0.717, 1.165) is 6.07 Å². The summed E-state index contributed by atoms with van der Waals surface area (Å²) in [6, 6.07) is 2.43. The summed E-state index contributed by atoms with van der Waals surface area (Å²) in [6.07, 6.45) is 1.65. The van der Waals surface area contributed by atoms with E-state index in [1.165, 1.54) is 17.9 Å². The van der Waals surface area contributed by atoms with E-state index in [1.54, 1.807) is 13.2 Å². The molecule has 0 aliphatic heterocycles. The molecule has 2 aromatic rings. The van der Waals surface area contributed by atoms with Gasteiger partial charge in [0.15, 0.2) is 0 Å². The Morgan fingerprint density at radius 1 is 1.53 bits per heavy atom. The van der Waals surface area contributed by atoms with E-state index in [4.69, 9.17) is 0 Å². The zero-order valence-electron chi connectivity index (χ0n) is 8.32. The van der Waals surface area contributed by atoms with Gasteiger partial charge in [0.2, 0.25) is 0 Å². The Bertz CT molecular complexity index is 533. The number of methoxy groups -OCH3 is 1. The van der Waals surface area contributed by atoms with Gasteiger partial charge in [-0.25, -0.2) is 9.18 Å². The molecule has 0 aliphatic rings. The smallest absolute Gasteiger partial charge is 0.338 e. The number of nitrogens with zero attached hydrogens (tertiary/aromatic N) is 2. The summed E-state index contributed by atoms with van der Waals surface area (Å²) in [4.78, 5) is 11.4. The lowest BCUT2D eigenvalue weighted by Crippen LogP contribution is -2.02. The van der Waals surface area contributed by atoms with Crippen molar-refractivity contribution in [2.45, 2.75) is 0 Å². The van der Waals surface area contributed by atoms with Gasteiger partial charge in [0.25, 0.3) is 0 Å². The molecule has 1 aromatic carbocycles. The van der Waals surface area contributed by atoms with Crippen molar-refractivity contribution < 1.29 is 13.9 Å². The second kappa shape index (κ2) is 3.34. The fourth-order valence-electron chi connectivity index (χ4n) is 1.49. The number of aryl methyl sites for hydroxylation is 1. The Hall–Kier alpha value is -1.91. The van der Waals surface area contributed by atoms with Gasteiger partial charge in [-0.15, -0.1) is 0 Å². The predicted molar refractivity (Wildman–Crippen MR) is 52.0 cm³/mol. The van der Waals surface area contributed by atoms with Crippen molar-refractivity contribution in [2.75, 3.05) is 7.11 Å². The lowest BCUT2D eigenvalue weighted by atomic mass is 10.1. The van der Waals surface area contributed by atoms with Crippen LogP contribution in [0.5, 0.6) is 0 Å². The summed E-state index contributed by atoms with van der Waals surface area (Å²) >= 11 is 0. The molecule has 1 aromatic heterocycles. The van der Waals surface area contributed by atoms with Gasteiger partial charge in [0, 0.05) is 24.7 Å². The largest absolute Gasteiger partial charge is 0.465 e. The molecule has 0 unspecified atom stereocenters. The molecule has 0 atom stereocenters. The number of esters is 1. The third kappa shape index (κ3) is 1.56. The minimum atomic E-state index is -0.562. The van der Waals surface area contributed by atoms with Crippen LogP contribution in [0.3, 0.4) is 0 Å². The van der Waals surface area contributed by atoms with Gasteiger partial charge in [0.05, 0.1) is 18.2 Å². The van der Waals surface area contributed by atoms with Crippen molar-refractivity contribution in [1.82, 2.24) is 9.78 Å². The first-order chi connectivity index (χ1) is 7.11. The van der Waals surface area contributed by atoms with E-state index in [-0.39, 0.29) is 5.56 Å². The molecular formula is C10H9FN2O2. The predicted octanol–water partition coefficient (Wildman–Crippen LogP) is 1.50. The molecule has 4 nitrogen and oxygen atoms in total. The fourth-order valence-corrected chi connectivity index (χ4v) is 1.49. The highest BCUT2D eigenvalue weighted by atomic mass is 19.1. The van der Waals surface area contributed by atoms with Crippen LogP contribution in [0.2, 0.25) is 0 Å². The van der Waals surface area contributed by atoms with Crippen molar-refractivity contribution in [1.29, 1.82) is 0 Å². The summed E-state index contributed by atoms with van der Waals surface area (Å²) in [5.74, 6) is -1.06. The standard InChI is InChI=1S/C10H9FN2O2/c1-13-5-8-7(10(14)15-2)3-6(11)4-9(8)12-13/h3-5H,1-2H3. The molecule has 0 aliphatic carbocycles. The van der Waals surface area contributed by atoms with Gasteiger partial charge in [-0.3, -0.25) is 4.68 Å². The molecule has 0 N–H and O–H groups in total. The molecule has 0 radical (unpaired) electrons. The van der Waals surface area contributed by atoms with Crippen LogP contribution in [0.25, 0.3) is 10.9 Å². The Kier molecular flexibility index (Phi) is 2.15. The van der Waals surface area contributed by atoms with Crippen molar-refractivity contribution in [3.8, 4) is 0 Å². The number of benzene rings is 1. The molecular weight excluding hydrogens is 199 g/mol. The van der Waals surface area contributed by atoms with Crippen LogP contribution in [0, 0.1) is 5.82 Å². The Morgan fingerprint density at radius 2 is 2.27 bits per heavy atom. The van der Waals surface area contributed by atoms with Crippen LogP contribution in [0.15, 0.2) is 18.3 Å². The fraction of sp³-hybridized carbons (Fsp3) is 0.200. The van der Waals surface area contributed by atoms with E-state index in [1.807, 2.05) is 0 Å². The number of hydrogen-bond acceptors (Lipinski definition) is 3. The summed E-state index contributed by atoms with van der Waals surface area (Å²) in [6.45, 7) is 0. The van der Waals surface area contributed by atoms with Gasteiger partial charge in [-0.2, -0.15) is 5.10 Å². The number of aromatic nitrogens is 2. The van der Waals surface area contributed by atoms with Crippen molar-refractivity contribution in [3.63, 3.8) is 0 Å². The molecule has 0 saturated carbocycles. The van der Waals surface area contributed by atoms with E-state index in [9.17, 15) is 9.18 Å². The molecule has 1 heterocycles. The second-order valence-electron chi connectivity index (χ2n) is 3.18. The Labute approximate surface area is 85.3 Å². The summed E-state index contributed by atoms with van der Waals surface area (Å²) in [5.41, 5.74) is 0.638. The van der Waals surface area contributed by atoms with Crippen molar-refractivity contribution in [2.24, 2.45) is 7.05 Å². The number of rotatable bonds is 1. The first-order valence-corrected chi connectivity index (χ1v) is 4.33. The van der Waals surface area contributed by atoms with E-state index in [0.29, 0.717) is 10.9 Å². The highest BCUT2D eigenvalue weighted by Gasteiger charge is 2.14. The minimum absolute atomic E-state index is 0.195. The summed E-state index contributed by atoms with van der Waals surface area (Å²) in [7, 11) is 2.97. The van der Waals surface area contributed by atoms with Crippen molar-refractivity contribution in [3.05, 3.63) is 29.7 Å². The molecule has 0 fully saturated rings.